The van der Waals surface area contributed by atoms with Crippen molar-refractivity contribution in [3.63, 3.8) is 0 Å². The van der Waals surface area contributed by atoms with Gasteiger partial charge in [-0.1, -0.05) is 0 Å². The van der Waals surface area contributed by atoms with Crippen molar-refractivity contribution in [3.05, 3.63) is 0 Å². The average Bonchev–Trinajstić information content (AvgIpc) is 2.24. The van der Waals surface area contributed by atoms with Crippen LogP contribution in [0, 0.1) is 0 Å². The predicted octanol–water partition coefficient (Wildman–Crippen LogP) is -1.32. The lowest BCUT2D eigenvalue weighted by molar-refractivity contribution is -0.135. The Morgan fingerprint density at radius 3 is 1.00 bits per heavy atom. The first-order valence-electron chi connectivity index (χ1n) is 6.21. The van der Waals surface area contributed by atoms with E-state index in [4.69, 9.17) is 54.9 Å². The van der Waals surface area contributed by atoms with E-state index in [9.17, 15) is 0 Å². The van der Waals surface area contributed by atoms with Crippen LogP contribution in [0.25, 0.3) is 0 Å². The van der Waals surface area contributed by atoms with Crippen molar-refractivity contribution in [2.75, 3.05) is 13.2 Å². The normalized spacial score (nSPS) is 8.74. The molecule has 0 rings (SSSR count). The Morgan fingerprint density at radius 2 is 0.870 bits per heavy atom. The zero-order valence-electron chi connectivity index (χ0n) is 13.2. The van der Waals surface area contributed by atoms with Crippen LogP contribution in [-0.2, 0) is 19.1 Å². The van der Waals surface area contributed by atoms with Gasteiger partial charge in [-0.05, 0) is 0 Å². The molecule has 23 heavy (non-hydrogen) atoms. The van der Waals surface area contributed by atoms with Gasteiger partial charge in [0.1, 0.15) is 0 Å². The smallest absolute Gasteiger partial charge is 0.300 e. The molecule has 11 heteroatoms. The summed E-state index contributed by atoms with van der Waals surface area (Å²) in [6.45, 7) is 3.68. The summed E-state index contributed by atoms with van der Waals surface area (Å²) in [5.74, 6) is -2.50. The maximum absolute atomic E-state index is 9.00. The second-order valence-electron chi connectivity index (χ2n) is 3.71. The van der Waals surface area contributed by atoms with Gasteiger partial charge in [-0.25, -0.2) is 0 Å². The van der Waals surface area contributed by atoms with Gasteiger partial charge in [-0.15, -0.1) is 0 Å². The number of carboxylic acid groups (broad SMARTS) is 3. The number of ether oxygens (including phenoxy) is 1. The minimum atomic E-state index is -1.35. The first-order chi connectivity index (χ1) is 10.3. The summed E-state index contributed by atoms with van der Waals surface area (Å²) < 4.78 is 4.82. The standard InChI is InChI=1S/C6H14O5.3C2H4O2/c7-5(8)1-3-11-4-2-6(9)10;3*1-2(3)4/h5-10H,1-4H2;3*1H3,(H,3,4). The average molecular weight is 346 g/mol. The van der Waals surface area contributed by atoms with Crippen LogP contribution in [0.15, 0.2) is 0 Å². The SMILES string of the molecule is CC(=O)O.CC(=O)O.CC(=O)O.OC(O)CCOCCC(O)O. The number of hydrogen-bond acceptors (Lipinski definition) is 8. The van der Waals surface area contributed by atoms with E-state index >= 15 is 0 Å². The van der Waals surface area contributed by atoms with Crippen LogP contribution < -0.4 is 0 Å². The van der Waals surface area contributed by atoms with Crippen LogP contribution in [0.5, 0.6) is 0 Å². The van der Waals surface area contributed by atoms with Crippen molar-refractivity contribution in [1.29, 1.82) is 0 Å². The fourth-order valence-corrected chi connectivity index (χ4v) is 0.480. The van der Waals surface area contributed by atoms with Gasteiger partial charge in [0, 0.05) is 33.6 Å². The molecule has 0 bridgehead atoms. The molecule has 0 aromatic carbocycles. The van der Waals surface area contributed by atoms with Gasteiger partial charge >= 0.3 is 0 Å². The number of rotatable bonds is 6. The summed E-state index contributed by atoms with van der Waals surface area (Å²) in [5.41, 5.74) is 0. The number of aliphatic carboxylic acids is 3. The Morgan fingerprint density at radius 1 is 0.696 bits per heavy atom. The van der Waals surface area contributed by atoms with E-state index < -0.39 is 30.5 Å². The van der Waals surface area contributed by atoms with Gasteiger partial charge in [0.25, 0.3) is 17.9 Å². The van der Waals surface area contributed by atoms with Crippen molar-refractivity contribution >= 4 is 17.9 Å². The lowest BCUT2D eigenvalue weighted by Crippen LogP contribution is -2.12. The molecule has 0 unspecified atom stereocenters. The molecule has 7 N–H and O–H groups in total. The first-order valence-corrected chi connectivity index (χ1v) is 6.21. The molecule has 0 aromatic heterocycles. The summed E-state index contributed by atoms with van der Waals surface area (Å²) in [6.07, 6.45) is -2.42. The quantitative estimate of drug-likeness (QED) is 0.222. The number of carboxylic acids is 3. The summed E-state index contributed by atoms with van der Waals surface area (Å²) in [4.78, 5) is 27.0. The van der Waals surface area contributed by atoms with Crippen LogP contribution in [-0.4, -0.2) is 79.4 Å². The van der Waals surface area contributed by atoms with Crippen molar-refractivity contribution < 1.29 is 54.9 Å². The molecule has 0 aliphatic heterocycles. The Balaban J connectivity index is -0.000000124. The molecule has 11 nitrogen and oxygen atoms in total. The Kier molecular flexibility index (Phi) is 28.6. The van der Waals surface area contributed by atoms with E-state index in [1.165, 1.54) is 0 Å². The van der Waals surface area contributed by atoms with E-state index in [2.05, 4.69) is 0 Å². The topological polar surface area (TPSA) is 202 Å². The summed E-state index contributed by atoms with van der Waals surface area (Å²) in [5, 5.41) is 55.6. The van der Waals surface area contributed by atoms with Gasteiger partial charge in [0.15, 0.2) is 12.6 Å². The third-order valence-corrected chi connectivity index (χ3v) is 1.04. The second kappa shape index (κ2) is 22.5. The summed E-state index contributed by atoms with van der Waals surface area (Å²) in [7, 11) is 0. The molecule has 0 aromatic rings. The predicted molar refractivity (Wildman–Crippen MR) is 76.4 cm³/mol. The molecular formula is C12H26O11. The van der Waals surface area contributed by atoms with Crippen molar-refractivity contribution in [3.8, 4) is 0 Å². The molecule has 0 atom stereocenters. The van der Waals surface area contributed by atoms with E-state index in [-0.39, 0.29) is 26.1 Å². The molecule has 0 heterocycles. The molecule has 0 amide bonds. The zero-order valence-corrected chi connectivity index (χ0v) is 13.2. The molecule has 0 saturated carbocycles. The maximum atomic E-state index is 9.00. The van der Waals surface area contributed by atoms with E-state index in [1.807, 2.05) is 0 Å². The molecule has 0 aliphatic carbocycles. The van der Waals surface area contributed by atoms with Crippen molar-refractivity contribution in [2.24, 2.45) is 0 Å². The largest absolute Gasteiger partial charge is 0.481 e. The van der Waals surface area contributed by atoms with E-state index in [0.717, 1.165) is 20.8 Å². The first kappa shape index (κ1) is 29.2. The Bertz CT molecular complexity index is 238. The Hall–Kier alpha value is -1.79. The highest BCUT2D eigenvalue weighted by atomic mass is 16.5. The highest BCUT2D eigenvalue weighted by Gasteiger charge is 1.98. The lowest BCUT2D eigenvalue weighted by Gasteiger charge is -2.05. The third kappa shape index (κ3) is 174. The van der Waals surface area contributed by atoms with Gasteiger partial charge < -0.3 is 40.5 Å². The molecule has 140 valence electrons. The fourth-order valence-electron chi connectivity index (χ4n) is 0.480. The number of hydrogen-bond donors (Lipinski definition) is 7. The molecule has 0 fully saturated rings. The molecule has 0 saturated heterocycles. The molecule has 0 aliphatic rings. The lowest BCUT2D eigenvalue weighted by atomic mass is 10.4. The fraction of sp³-hybridized carbons (Fsp3) is 0.750. The number of aliphatic hydroxyl groups excluding tert-OH is 2. The van der Waals surface area contributed by atoms with Crippen LogP contribution in [0.3, 0.4) is 0 Å². The summed E-state index contributed by atoms with van der Waals surface area (Å²) in [6, 6.07) is 0. The Labute approximate surface area is 133 Å². The van der Waals surface area contributed by atoms with Gasteiger partial charge in [0.05, 0.1) is 13.2 Å². The van der Waals surface area contributed by atoms with E-state index in [1.54, 1.807) is 0 Å². The summed E-state index contributed by atoms with van der Waals surface area (Å²) >= 11 is 0. The van der Waals surface area contributed by atoms with E-state index in [0.29, 0.717) is 0 Å². The van der Waals surface area contributed by atoms with Crippen LogP contribution in [0.1, 0.15) is 33.6 Å². The maximum Gasteiger partial charge on any atom is 0.300 e. The monoisotopic (exact) mass is 346 g/mol. The molecule has 0 spiro atoms. The minimum Gasteiger partial charge on any atom is -0.481 e. The molecule has 0 radical (unpaired) electrons. The van der Waals surface area contributed by atoms with Crippen LogP contribution in [0.4, 0.5) is 0 Å². The van der Waals surface area contributed by atoms with Crippen LogP contribution >= 0.6 is 0 Å². The molecular weight excluding hydrogens is 320 g/mol. The second-order valence-corrected chi connectivity index (χ2v) is 3.71. The zero-order chi connectivity index (χ0) is 19.4. The highest BCUT2D eigenvalue weighted by Crippen LogP contribution is 1.91. The van der Waals surface area contributed by atoms with Gasteiger partial charge in [-0.3, -0.25) is 14.4 Å². The van der Waals surface area contributed by atoms with Gasteiger partial charge in [-0.2, -0.15) is 0 Å². The number of carbonyl (C=O) groups is 3. The highest BCUT2D eigenvalue weighted by molar-refractivity contribution is 5.63. The third-order valence-electron chi connectivity index (χ3n) is 1.04. The number of aliphatic hydroxyl groups is 4. The van der Waals surface area contributed by atoms with Crippen molar-refractivity contribution in [2.45, 2.75) is 46.2 Å². The van der Waals surface area contributed by atoms with Crippen molar-refractivity contribution in [1.82, 2.24) is 0 Å². The van der Waals surface area contributed by atoms with Gasteiger partial charge in [0.2, 0.25) is 0 Å². The minimum absolute atomic E-state index is 0.140. The van der Waals surface area contributed by atoms with Crippen LogP contribution in [0.2, 0.25) is 0 Å².